The van der Waals surface area contributed by atoms with Gasteiger partial charge in [0.1, 0.15) is 0 Å². The molecule has 2 heteroatoms. The average Bonchev–Trinajstić information content (AvgIpc) is 1.35. The first-order valence-electron chi connectivity index (χ1n) is 2.06. The van der Waals surface area contributed by atoms with Gasteiger partial charge in [0, 0.05) is 0 Å². The van der Waals surface area contributed by atoms with Gasteiger partial charge in [-0.1, -0.05) is 35.3 Å². The van der Waals surface area contributed by atoms with Crippen LogP contribution in [0.1, 0.15) is 13.8 Å². The van der Waals surface area contributed by atoms with E-state index in [1.807, 2.05) is 0 Å². The third-order valence-corrected chi connectivity index (χ3v) is 2.43. The number of alkyl halides is 1. The zero-order valence-corrected chi connectivity index (χ0v) is 6.75. The number of hydrogen-bond donors (Lipinski definition) is 0. The molecule has 2 radical (unpaired) electrons. The first-order chi connectivity index (χ1) is 2.77. The zero-order chi connectivity index (χ0) is 4.99. The van der Waals surface area contributed by atoms with Gasteiger partial charge in [0.2, 0.25) is 0 Å². The fourth-order valence-corrected chi connectivity index (χ4v) is 2.41. The quantitative estimate of drug-likeness (QED) is 0.432. The second-order valence-corrected chi connectivity index (χ2v) is 5.00. The van der Waals surface area contributed by atoms with Gasteiger partial charge < -0.3 is 0 Å². The fourth-order valence-electron chi connectivity index (χ4n) is 0.154. The summed E-state index contributed by atoms with van der Waals surface area (Å²) in [6, 6.07) is 0. The molecular weight excluding hydrogens is 156 g/mol. The van der Waals surface area contributed by atoms with Crippen LogP contribution in [0.15, 0.2) is 0 Å². The molecule has 0 spiro atoms. The Balaban J connectivity index is 2.63. The summed E-state index contributed by atoms with van der Waals surface area (Å²) in [7, 11) is 1.09. The summed E-state index contributed by atoms with van der Waals surface area (Å²) in [5.74, 6) is 0. The molecule has 0 bridgehead atoms. The molecule has 0 N–H and O–H groups in total. The molecule has 6 heavy (non-hydrogen) atoms. The predicted molar refractivity (Wildman–Crippen MR) is 34.6 cm³/mol. The lowest BCUT2D eigenvalue weighted by Gasteiger charge is -1.93. The largest absolute Gasteiger partial charge is 0.0967 e. The van der Waals surface area contributed by atoms with Crippen LogP contribution < -0.4 is 0 Å². The van der Waals surface area contributed by atoms with Crippen LogP contribution in [0.3, 0.4) is 0 Å². The SMILES string of the molecule is CC(C)[Si]CBr. The maximum atomic E-state index is 3.36. The highest BCUT2D eigenvalue weighted by atomic mass is 79.9. The molecule has 0 fully saturated rings. The Labute approximate surface area is 50.3 Å². The van der Waals surface area contributed by atoms with Crippen LogP contribution in [0.25, 0.3) is 0 Å². The van der Waals surface area contributed by atoms with Crippen LogP contribution in [0.2, 0.25) is 5.54 Å². The summed E-state index contributed by atoms with van der Waals surface area (Å²) < 4.78 is 0. The zero-order valence-electron chi connectivity index (χ0n) is 4.16. The Morgan fingerprint density at radius 1 is 1.67 bits per heavy atom. The van der Waals surface area contributed by atoms with Gasteiger partial charge in [0.25, 0.3) is 0 Å². The Morgan fingerprint density at radius 2 is 2.17 bits per heavy atom. The van der Waals surface area contributed by atoms with Crippen molar-refractivity contribution < 1.29 is 0 Å². The van der Waals surface area contributed by atoms with E-state index in [2.05, 4.69) is 29.8 Å². The summed E-state index contributed by atoms with van der Waals surface area (Å²) in [4.78, 5) is 1.17. The van der Waals surface area contributed by atoms with Crippen LogP contribution >= 0.6 is 15.9 Å². The minimum absolute atomic E-state index is 0.879. The van der Waals surface area contributed by atoms with Gasteiger partial charge in [-0.05, 0) is 4.95 Å². The van der Waals surface area contributed by atoms with Crippen LogP contribution in [0.5, 0.6) is 0 Å². The molecule has 0 heterocycles. The molecule has 0 amide bonds. The average molecular weight is 165 g/mol. The minimum Gasteiger partial charge on any atom is -0.0967 e. The molecule has 0 aromatic heterocycles. The third kappa shape index (κ3) is 4.70. The van der Waals surface area contributed by atoms with Crippen molar-refractivity contribution in [3.8, 4) is 0 Å². The molecule has 0 nitrogen and oxygen atoms in total. The van der Waals surface area contributed by atoms with E-state index >= 15 is 0 Å². The lowest BCUT2D eigenvalue weighted by molar-refractivity contribution is 1.06. The van der Waals surface area contributed by atoms with Crippen molar-refractivity contribution in [1.29, 1.82) is 0 Å². The van der Waals surface area contributed by atoms with Gasteiger partial charge in [0.05, 0.1) is 9.52 Å². The van der Waals surface area contributed by atoms with Crippen molar-refractivity contribution in [2.24, 2.45) is 0 Å². The summed E-state index contributed by atoms with van der Waals surface area (Å²) >= 11 is 3.36. The number of halogens is 1. The maximum absolute atomic E-state index is 3.36. The number of rotatable bonds is 2. The van der Waals surface area contributed by atoms with Gasteiger partial charge in [-0.2, -0.15) is 0 Å². The van der Waals surface area contributed by atoms with Crippen molar-refractivity contribution in [3.63, 3.8) is 0 Å². The van der Waals surface area contributed by atoms with Crippen LogP contribution in [-0.2, 0) is 0 Å². The molecular formula is C4H9BrSi. The summed E-state index contributed by atoms with van der Waals surface area (Å²) in [6.45, 7) is 4.47. The lowest BCUT2D eigenvalue weighted by Crippen LogP contribution is -1.94. The van der Waals surface area contributed by atoms with Crippen molar-refractivity contribution in [2.75, 3.05) is 4.95 Å². The van der Waals surface area contributed by atoms with E-state index in [1.54, 1.807) is 0 Å². The van der Waals surface area contributed by atoms with Gasteiger partial charge in [-0.3, -0.25) is 0 Å². The van der Waals surface area contributed by atoms with Crippen LogP contribution in [0, 0.1) is 0 Å². The van der Waals surface area contributed by atoms with E-state index in [-0.39, 0.29) is 0 Å². The summed E-state index contributed by atoms with van der Waals surface area (Å²) in [5.41, 5.74) is 0.879. The molecule has 0 aliphatic rings. The Kier molecular flexibility index (Phi) is 4.32. The Bertz CT molecular complexity index is 28.7. The molecule has 0 saturated carbocycles. The van der Waals surface area contributed by atoms with Crippen LogP contribution in [-0.4, -0.2) is 14.5 Å². The second-order valence-electron chi connectivity index (χ2n) is 1.49. The first kappa shape index (κ1) is 6.70. The van der Waals surface area contributed by atoms with E-state index in [9.17, 15) is 0 Å². The van der Waals surface area contributed by atoms with Gasteiger partial charge in [-0.15, -0.1) is 0 Å². The molecule has 0 aliphatic carbocycles. The molecule has 0 aromatic carbocycles. The van der Waals surface area contributed by atoms with Crippen LogP contribution in [0.4, 0.5) is 0 Å². The Hall–Kier alpha value is 0.697. The predicted octanol–water partition coefficient (Wildman–Crippen LogP) is 1.87. The van der Waals surface area contributed by atoms with Crippen molar-refractivity contribution in [2.45, 2.75) is 19.4 Å². The smallest absolute Gasteiger partial charge is 0.0544 e. The monoisotopic (exact) mass is 164 g/mol. The molecule has 0 aromatic rings. The first-order valence-corrected chi connectivity index (χ1v) is 4.47. The summed E-state index contributed by atoms with van der Waals surface area (Å²) in [6.07, 6.45) is 0. The standard InChI is InChI=1S/C4H9BrSi/c1-4(2)6-3-5/h4H,3H2,1-2H3. The molecule has 0 rings (SSSR count). The van der Waals surface area contributed by atoms with E-state index in [0.717, 1.165) is 15.1 Å². The van der Waals surface area contributed by atoms with Gasteiger partial charge in [0.15, 0.2) is 0 Å². The van der Waals surface area contributed by atoms with E-state index < -0.39 is 0 Å². The van der Waals surface area contributed by atoms with Crippen molar-refractivity contribution in [1.82, 2.24) is 0 Å². The fraction of sp³-hybridized carbons (Fsp3) is 1.00. The Morgan fingerprint density at radius 3 is 2.17 bits per heavy atom. The van der Waals surface area contributed by atoms with Gasteiger partial charge in [-0.25, -0.2) is 0 Å². The molecule has 0 aliphatic heterocycles. The number of hydrogen-bond acceptors (Lipinski definition) is 0. The highest BCUT2D eigenvalue weighted by Gasteiger charge is 1.88. The van der Waals surface area contributed by atoms with E-state index in [1.165, 1.54) is 4.95 Å². The topological polar surface area (TPSA) is 0 Å². The maximum Gasteiger partial charge on any atom is 0.0544 e. The molecule has 0 saturated heterocycles. The summed E-state index contributed by atoms with van der Waals surface area (Å²) in [5, 5.41) is 0. The third-order valence-electron chi connectivity index (χ3n) is 0.485. The molecule has 0 atom stereocenters. The highest BCUT2D eigenvalue weighted by molar-refractivity contribution is 9.09. The normalized spacial score (nSPS) is 10.0. The highest BCUT2D eigenvalue weighted by Crippen LogP contribution is 1.96. The van der Waals surface area contributed by atoms with E-state index in [4.69, 9.17) is 0 Å². The van der Waals surface area contributed by atoms with Gasteiger partial charge >= 0.3 is 0 Å². The lowest BCUT2D eigenvalue weighted by atomic mass is 10.6. The molecule has 36 valence electrons. The minimum atomic E-state index is 0.879. The van der Waals surface area contributed by atoms with Crippen molar-refractivity contribution in [3.05, 3.63) is 0 Å². The molecule has 0 unspecified atom stereocenters. The van der Waals surface area contributed by atoms with E-state index in [0.29, 0.717) is 0 Å². The van der Waals surface area contributed by atoms with Crippen molar-refractivity contribution >= 4 is 25.4 Å². The second kappa shape index (κ2) is 3.87.